The molecule has 0 aliphatic heterocycles. The molecule has 0 aliphatic carbocycles. The Kier molecular flexibility index (Phi) is 5.52. The summed E-state index contributed by atoms with van der Waals surface area (Å²) in [5, 5.41) is 23.5. The summed E-state index contributed by atoms with van der Waals surface area (Å²) < 4.78 is 38.1. The molecule has 134 valence electrons. The topological polar surface area (TPSA) is 85.2 Å². The number of carbonyl (C=O) groups excluding carboxylic acids is 1. The average Bonchev–Trinajstić information content (AvgIpc) is 2.57. The largest absolute Gasteiger partial charge is 0.508 e. The Balaban J connectivity index is 2.15. The van der Waals surface area contributed by atoms with Crippen molar-refractivity contribution in [3.05, 3.63) is 65.4 Å². The Morgan fingerprint density at radius 1 is 1.23 bits per heavy atom. The fourth-order valence-electron chi connectivity index (χ4n) is 2.07. The van der Waals surface area contributed by atoms with Crippen LogP contribution in [0.4, 0.5) is 24.5 Å². The van der Waals surface area contributed by atoms with E-state index in [0.29, 0.717) is 11.3 Å². The molecule has 0 aromatic heterocycles. The van der Waals surface area contributed by atoms with Crippen LogP contribution < -0.4 is 10.6 Å². The molecular weight excluding hydrogens is 347 g/mol. The van der Waals surface area contributed by atoms with Gasteiger partial charge < -0.3 is 15.7 Å². The minimum absolute atomic E-state index is 0.0303. The van der Waals surface area contributed by atoms with Crippen LogP contribution in [0.3, 0.4) is 0 Å². The number of alkyl halides is 3. The van der Waals surface area contributed by atoms with E-state index >= 15 is 0 Å². The van der Waals surface area contributed by atoms with Crippen molar-refractivity contribution < 1.29 is 23.1 Å². The number of hydrogen-bond donors (Lipinski definition) is 3. The summed E-state index contributed by atoms with van der Waals surface area (Å²) in [5.41, 5.74) is -0.107. The third-order valence-corrected chi connectivity index (χ3v) is 3.40. The number of carbonyl (C=O) groups is 1. The van der Waals surface area contributed by atoms with E-state index in [0.717, 1.165) is 18.3 Å². The molecule has 2 rings (SSSR count). The van der Waals surface area contributed by atoms with Crippen LogP contribution in [0.5, 0.6) is 5.75 Å². The zero-order valence-electron chi connectivity index (χ0n) is 13.6. The fraction of sp³-hybridized carbons (Fsp3) is 0.111. The minimum Gasteiger partial charge on any atom is -0.508 e. The van der Waals surface area contributed by atoms with Crippen LogP contribution in [0, 0.1) is 18.3 Å². The highest BCUT2D eigenvalue weighted by Gasteiger charge is 2.30. The number of nitrogens with zero attached hydrogens (tertiary/aromatic N) is 1. The molecule has 0 heterocycles. The first-order chi connectivity index (χ1) is 12.2. The first-order valence-corrected chi connectivity index (χ1v) is 7.36. The number of rotatable bonds is 4. The number of phenols is 1. The van der Waals surface area contributed by atoms with Gasteiger partial charge in [0.1, 0.15) is 17.4 Å². The second-order valence-corrected chi connectivity index (χ2v) is 5.35. The van der Waals surface area contributed by atoms with Gasteiger partial charge in [-0.05, 0) is 48.9 Å². The number of phenolic OH excluding ortho intramolecular Hbond substituents is 1. The summed E-state index contributed by atoms with van der Waals surface area (Å²) in [6, 6.07) is 10.3. The van der Waals surface area contributed by atoms with Crippen molar-refractivity contribution in [1.82, 2.24) is 0 Å². The van der Waals surface area contributed by atoms with Crippen molar-refractivity contribution in [3.8, 4) is 11.8 Å². The second kappa shape index (κ2) is 7.61. The minimum atomic E-state index is -4.49. The molecule has 0 fully saturated rings. The van der Waals surface area contributed by atoms with Gasteiger partial charge in [0.2, 0.25) is 0 Å². The Morgan fingerprint density at radius 3 is 2.58 bits per heavy atom. The maximum Gasteiger partial charge on any atom is 0.416 e. The summed E-state index contributed by atoms with van der Waals surface area (Å²) >= 11 is 0. The van der Waals surface area contributed by atoms with Crippen LogP contribution in [0.1, 0.15) is 11.1 Å². The smallest absolute Gasteiger partial charge is 0.416 e. The molecular formula is C18H14F3N3O2. The lowest BCUT2D eigenvalue weighted by molar-refractivity contribution is -0.137. The standard InChI is InChI=1S/C18H14F3N3O2/c1-11-7-15(25)5-6-16(11)24-17(26)12(9-22)10-23-14-4-2-3-13(8-14)18(19,20)21/h2-8,10,23,25H,1H3,(H,24,26)/b12-10-. The summed E-state index contributed by atoms with van der Waals surface area (Å²) in [6.07, 6.45) is -3.46. The lowest BCUT2D eigenvalue weighted by atomic mass is 10.1. The van der Waals surface area contributed by atoms with Crippen LogP contribution in [0.15, 0.2) is 54.2 Å². The number of nitriles is 1. The Labute approximate surface area is 147 Å². The third-order valence-electron chi connectivity index (χ3n) is 3.40. The lowest BCUT2D eigenvalue weighted by Crippen LogP contribution is -2.15. The van der Waals surface area contributed by atoms with Gasteiger partial charge in [-0.2, -0.15) is 18.4 Å². The molecule has 26 heavy (non-hydrogen) atoms. The maximum absolute atomic E-state index is 12.7. The zero-order chi connectivity index (χ0) is 19.3. The highest BCUT2D eigenvalue weighted by atomic mass is 19.4. The predicted octanol–water partition coefficient (Wildman–Crippen LogP) is 4.18. The molecule has 3 N–H and O–H groups in total. The van der Waals surface area contributed by atoms with Crippen LogP contribution in [-0.2, 0) is 11.0 Å². The summed E-state index contributed by atoms with van der Waals surface area (Å²) in [4.78, 5) is 12.1. The van der Waals surface area contributed by atoms with E-state index in [-0.39, 0.29) is 17.0 Å². The molecule has 0 aliphatic rings. The monoisotopic (exact) mass is 361 g/mol. The van der Waals surface area contributed by atoms with Gasteiger partial charge in [0, 0.05) is 17.6 Å². The van der Waals surface area contributed by atoms with Crippen molar-refractivity contribution in [2.45, 2.75) is 13.1 Å². The number of halogens is 3. The summed E-state index contributed by atoms with van der Waals surface area (Å²) in [5.74, 6) is -0.705. The van der Waals surface area contributed by atoms with Crippen molar-refractivity contribution >= 4 is 17.3 Å². The van der Waals surface area contributed by atoms with Crippen molar-refractivity contribution in [2.75, 3.05) is 10.6 Å². The summed E-state index contributed by atoms with van der Waals surface area (Å²) in [6.45, 7) is 1.66. The molecule has 5 nitrogen and oxygen atoms in total. The van der Waals surface area contributed by atoms with Crippen LogP contribution in [0.25, 0.3) is 0 Å². The van der Waals surface area contributed by atoms with Gasteiger partial charge in [0.05, 0.1) is 5.56 Å². The molecule has 1 amide bonds. The predicted molar refractivity (Wildman–Crippen MR) is 90.2 cm³/mol. The highest BCUT2D eigenvalue weighted by Crippen LogP contribution is 2.30. The SMILES string of the molecule is Cc1cc(O)ccc1NC(=O)/C(C#N)=C\Nc1cccc(C(F)(F)F)c1. The fourth-order valence-corrected chi connectivity index (χ4v) is 2.07. The first-order valence-electron chi connectivity index (χ1n) is 7.36. The van der Waals surface area contributed by atoms with Crippen molar-refractivity contribution in [3.63, 3.8) is 0 Å². The maximum atomic E-state index is 12.7. The quantitative estimate of drug-likeness (QED) is 0.433. The van der Waals surface area contributed by atoms with E-state index in [4.69, 9.17) is 5.26 Å². The van der Waals surface area contributed by atoms with Gasteiger partial charge in [-0.3, -0.25) is 4.79 Å². The van der Waals surface area contributed by atoms with Crippen LogP contribution in [-0.4, -0.2) is 11.0 Å². The molecule has 0 radical (unpaired) electrons. The van der Waals surface area contributed by atoms with Gasteiger partial charge in [0.25, 0.3) is 5.91 Å². The third kappa shape index (κ3) is 4.77. The molecule has 2 aromatic rings. The molecule has 0 atom stereocenters. The van der Waals surface area contributed by atoms with Gasteiger partial charge in [0.15, 0.2) is 0 Å². The van der Waals surface area contributed by atoms with Crippen molar-refractivity contribution in [1.29, 1.82) is 5.26 Å². The molecule has 0 saturated heterocycles. The Bertz CT molecular complexity index is 899. The molecule has 0 bridgehead atoms. The normalized spacial score (nSPS) is 11.6. The van der Waals surface area contributed by atoms with Crippen LogP contribution in [0.2, 0.25) is 0 Å². The molecule has 0 spiro atoms. The van der Waals surface area contributed by atoms with E-state index in [9.17, 15) is 23.1 Å². The average molecular weight is 361 g/mol. The van der Waals surface area contributed by atoms with E-state index in [1.807, 2.05) is 0 Å². The second-order valence-electron chi connectivity index (χ2n) is 5.35. The number of benzene rings is 2. The number of aryl methyl sites for hydroxylation is 1. The van der Waals surface area contributed by atoms with Gasteiger partial charge in [-0.25, -0.2) is 0 Å². The number of anilines is 2. The van der Waals surface area contributed by atoms with Crippen LogP contribution >= 0.6 is 0 Å². The van der Waals surface area contributed by atoms with E-state index in [1.165, 1.54) is 30.3 Å². The Hall–Kier alpha value is -3.47. The molecule has 8 heteroatoms. The highest BCUT2D eigenvalue weighted by molar-refractivity contribution is 6.07. The van der Waals surface area contributed by atoms with Gasteiger partial charge >= 0.3 is 6.18 Å². The van der Waals surface area contributed by atoms with E-state index in [1.54, 1.807) is 13.0 Å². The lowest BCUT2D eigenvalue weighted by Gasteiger charge is -2.10. The summed E-state index contributed by atoms with van der Waals surface area (Å²) in [7, 11) is 0. The van der Waals surface area contributed by atoms with Gasteiger partial charge in [-0.15, -0.1) is 0 Å². The number of aromatic hydroxyl groups is 1. The number of hydrogen-bond acceptors (Lipinski definition) is 4. The molecule has 2 aromatic carbocycles. The zero-order valence-corrected chi connectivity index (χ0v) is 13.6. The number of nitrogens with one attached hydrogen (secondary N) is 2. The van der Waals surface area contributed by atoms with Gasteiger partial charge in [-0.1, -0.05) is 6.07 Å². The molecule has 0 unspecified atom stereocenters. The van der Waals surface area contributed by atoms with E-state index in [2.05, 4.69) is 10.6 Å². The molecule has 0 saturated carbocycles. The first kappa shape index (κ1) is 18.9. The van der Waals surface area contributed by atoms with E-state index < -0.39 is 17.6 Å². The van der Waals surface area contributed by atoms with Crippen molar-refractivity contribution in [2.24, 2.45) is 0 Å². The number of amides is 1. The Morgan fingerprint density at radius 2 is 1.96 bits per heavy atom.